The third kappa shape index (κ3) is 6.59. The number of hydrogen-bond acceptors (Lipinski definition) is 5. The number of aliphatic imine (C=N–C) groups is 1. The Hall–Kier alpha value is -1.36. The summed E-state index contributed by atoms with van der Waals surface area (Å²) in [5.41, 5.74) is 2.62. The number of morpholine rings is 1. The molecular formula is C24H36IN5OS. The lowest BCUT2D eigenvalue weighted by Crippen LogP contribution is -2.46. The van der Waals surface area contributed by atoms with Crippen LogP contribution in [-0.2, 0) is 4.74 Å². The lowest BCUT2D eigenvalue weighted by Gasteiger charge is -2.34. The number of guanidine groups is 1. The molecule has 2 aromatic rings. The Morgan fingerprint density at radius 2 is 1.91 bits per heavy atom. The monoisotopic (exact) mass is 569 g/mol. The molecule has 1 aromatic carbocycles. The van der Waals surface area contributed by atoms with Crippen molar-refractivity contribution in [1.29, 1.82) is 0 Å². The van der Waals surface area contributed by atoms with Gasteiger partial charge < -0.3 is 20.3 Å². The van der Waals surface area contributed by atoms with E-state index in [1.165, 1.54) is 42.1 Å². The minimum absolute atomic E-state index is 0. The molecule has 2 unspecified atom stereocenters. The van der Waals surface area contributed by atoms with Gasteiger partial charge in [0.05, 0.1) is 25.3 Å². The second-order valence-corrected chi connectivity index (χ2v) is 9.27. The Balaban J connectivity index is 0.00000289. The molecule has 0 amide bonds. The minimum atomic E-state index is 0. The van der Waals surface area contributed by atoms with Crippen molar-refractivity contribution in [3.05, 3.63) is 52.2 Å². The van der Waals surface area contributed by atoms with Crippen LogP contribution in [-0.4, -0.2) is 63.8 Å². The average molecular weight is 570 g/mol. The molecule has 1 aromatic heterocycles. The fraction of sp³-hybridized carbons (Fsp3) is 0.542. The van der Waals surface area contributed by atoms with Gasteiger partial charge in [0.25, 0.3) is 0 Å². The first-order chi connectivity index (χ1) is 15.2. The van der Waals surface area contributed by atoms with Gasteiger partial charge in [-0.1, -0.05) is 18.2 Å². The van der Waals surface area contributed by atoms with Gasteiger partial charge in [0.2, 0.25) is 0 Å². The van der Waals surface area contributed by atoms with Crippen molar-refractivity contribution in [1.82, 2.24) is 15.5 Å². The van der Waals surface area contributed by atoms with Crippen molar-refractivity contribution in [2.24, 2.45) is 4.99 Å². The van der Waals surface area contributed by atoms with Crippen molar-refractivity contribution in [2.75, 3.05) is 57.9 Å². The summed E-state index contributed by atoms with van der Waals surface area (Å²) in [4.78, 5) is 10.9. The topological polar surface area (TPSA) is 52.1 Å². The quantitative estimate of drug-likeness (QED) is 0.297. The number of benzene rings is 1. The fourth-order valence-corrected chi connectivity index (χ4v) is 5.28. The number of rotatable bonds is 7. The first-order valence-electron chi connectivity index (χ1n) is 11.4. The summed E-state index contributed by atoms with van der Waals surface area (Å²) < 4.78 is 5.56. The van der Waals surface area contributed by atoms with E-state index in [0.29, 0.717) is 6.04 Å². The van der Waals surface area contributed by atoms with Gasteiger partial charge in [-0.2, -0.15) is 0 Å². The molecule has 0 bridgehead atoms. The molecule has 0 spiro atoms. The molecule has 2 N–H and O–H groups in total. The smallest absolute Gasteiger partial charge is 0.191 e. The predicted octanol–water partition coefficient (Wildman–Crippen LogP) is 4.27. The van der Waals surface area contributed by atoms with Gasteiger partial charge in [-0.15, -0.1) is 35.3 Å². The molecular weight excluding hydrogens is 533 g/mol. The van der Waals surface area contributed by atoms with E-state index in [1.54, 1.807) is 0 Å². The van der Waals surface area contributed by atoms with Crippen LogP contribution in [0.2, 0.25) is 0 Å². The van der Waals surface area contributed by atoms with Crippen LogP contribution in [0.1, 0.15) is 42.3 Å². The highest BCUT2D eigenvalue weighted by Crippen LogP contribution is 2.26. The first-order valence-corrected chi connectivity index (χ1v) is 12.3. The van der Waals surface area contributed by atoms with Crippen LogP contribution >= 0.6 is 35.3 Å². The molecule has 2 atom stereocenters. The molecule has 2 fully saturated rings. The molecule has 2 aliphatic heterocycles. The van der Waals surface area contributed by atoms with Crippen molar-refractivity contribution >= 4 is 47.0 Å². The molecule has 6 nitrogen and oxygen atoms in total. The van der Waals surface area contributed by atoms with Crippen LogP contribution in [0.15, 0.2) is 46.8 Å². The van der Waals surface area contributed by atoms with Crippen LogP contribution in [0.4, 0.5) is 5.69 Å². The third-order valence-electron chi connectivity index (χ3n) is 6.24. The van der Waals surface area contributed by atoms with E-state index in [0.717, 1.165) is 38.8 Å². The van der Waals surface area contributed by atoms with Gasteiger partial charge in [-0.05, 0) is 48.9 Å². The Morgan fingerprint density at radius 1 is 1.12 bits per heavy atom. The van der Waals surface area contributed by atoms with Crippen LogP contribution in [0, 0.1) is 0 Å². The molecule has 32 heavy (non-hydrogen) atoms. The maximum Gasteiger partial charge on any atom is 0.191 e. The molecule has 2 aliphatic rings. The summed E-state index contributed by atoms with van der Waals surface area (Å²) in [6, 6.07) is 13.8. The SMILES string of the molecule is CN=C(NCC(c1cccs1)N1CCOCC1)NC(C)c1cccc(N2CCCC2)c1.I. The Bertz CT molecular complexity index is 835. The maximum atomic E-state index is 5.56. The number of anilines is 1. The number of nitrogens with zero attached hydrogens (tertiary/aromatic N) is 3. The van der Waals surface area contributed by atoms with Crippen molar-refractivity contribution in [3.8, 4) is 0 Å². The zero-order chi connectivity index (χ0) is 21.5. The van der Waals surface area contributed by atoms with Gasteiger partial charge in [0.15, 0.2) is 5.96 Å². The predicted molar refractivity (Wildman–Crippen MR) is 146 cm³/mol. The second-order valence-electron chi connectivity index (χ2n) is 8.29. The van der Waals surface area contributed by atoms with Gasteiger partial charge in [0, 0.05) is 50.3 Å². The molecule has 0 aliphatic carbocycles. The zero-order valence-electron chi connectivity index (χ0n) is 19.1. The highest BCUT2D eigenvalue weighted by Gasteiger charge is 2.24. The summed E-state index contributed by atoms with van der Waals surface area (Å²) >= 11 is 1.82. The summed E-state index contributed by atoms with van der Waals surface area (Å²) in [6.45, 7) is 8.90. The van der Waals surface area contributed by atoms with Crippen LogP contribution in [0.3, 0.4) is 0 Å². The standard InChI is InChI=1S/C24H35N5OS.HI/c1-19(20-7-5-8-21(17-20)28-10-3-4-11-28)27-24(25-2)26-18-22(23-9-6-16-31-23)29-12-14-30-15-13-29;/h5-9,16-17,19,22H,3-4,10-15,18H2,1-2H3,(H2,25,26,27);1H. The minimum Gasteiger partial charge on any atom is -0.379 e. The average Bonchev–Trinajstić information content (AvgIpc) is 3.54. The van der Waals surface area contributed by atoms with Gasteiger partial charge in [-0.25, -0.2) is 0 Å². The first kappa shape index (κ1) is 25.3. The highest BCUT2D eigenvalue weighted by atomic mass is 127. The maximum absolute atomic E-state index is 5.56. The van der Waals surface area contributed by atoms with E-state index < -0.39 is 0 Å². The van der Waals surface area contributed by atoms with Crippen LogP contribution in [0.25, 0.3) is 0 Å². The lowest BCUT2D eigenvalue weighted by molar-refractivity contribution is 0.0177. The molecule has 8 heteroatoms. The van der Waals surface area contributed by atoms with E-state index >= 15 is 0 Å². The van der Waals surface area contributed by atoms with Gasteiger partial charge >= 0.3 is 0 Å². The number of halogens is 1. The number of hydrogen-bond donors (Lipinski definition) is 2. The lowest BCUT2D eigenvalue weighted by atomic mass is 10.1. The number of thiophene rings is 1. The molecule has 176 valence electrons. The van der Waals surface area contributed by atoms with E-state index in [2.05, 4.69) is 74.1 Å². The zero-order valence-corrected chi connectivity index (χ0v) is 22.3. The second kappa shape index (κ2) is 12.8. The molecule has 0 radical (unpaired) electrons. The Labute approximate surface area is 213 Å². The van der Waals surface area contributed by atoms with Crippen LogP contribution < -0.4 is 15.5 Å². The third-order valence-corrected chi connectivity index (χ3v) is 7.21. The van der Waals surface area contributed by atoms with E-state index in [1.807, 2.05) is 18.4 Å². The van der Waals surface area contributed by atoms with E-state index in [4.69, 9.17) is 4.74 Å². The van der Waals surface area contributed by atoms with Crippen molar-refractivity contribution < 1.29 is 4.74 Å². The van der Waals surface area contributed by atoms with E-state index in [-0.39, 0.29) is 30.0 Å². The molecule has 0 saturated carbocycles. The molecule has 4 rings (SSSR count). The summed E-state index contributed by atoms with van der Waals surface area (Å²) in [6.07, 6.45) is 2.59. The normalized spacial score (nSPS) is 19.3. The van der Waals surface area contributed by atoms with Gasteiger partial charge in [0.1, 0.15) is 0 Å². The fourth-order valence-electron chi connectivity index (χ4n) is 4.42. The molecule has 2 saturated heterocycles. The summed E-state index contributed by atoms with van der Waals surface area (Å²) in [5.74, 6) is 0.842. The van der Waals surface area contributed by atoms with Gasteiger partial charge in [-0.3, -0.25) is 9.89 Å². The summed E-state index contributed by atoms with van der Waals surface area (Å²) in [7, 11) is 1.84. The largest absolute Gasteiger partial charge is 0.379 e. The van der Waals surface area contributed by atoms with Crippen molar-refractivity contribution in [2.45, 2.75) is 31.8 Å². The summed E-state index contributed by atoms with van der Waals surface area (Å²) in [5, 5.41) is 9.32. The van der Waals surface area contributed by atoms with Crippen LogP contribution in [0.5, 0.6) is 0 Å². The number of nitrogens with one attached hydrogen (secondary N) is 2. The molecule has 3 heterocycles. The Kier molecular flexibility index (Phi) is 10.1. The Morgan fingerprint density at radius 3 is 2.59 bits per heavy atom. The number of ether oxygens (including phenoxy) is 1. The van der Waals surface area contributed by atoms with E-state index in [9.17, 15) is 0 Å². The van der Waals surface area contributed by atoms with Crippen molar-refractivity contribution in [3.63, 3.8) is 0 Å². The highest BCUT2D eigenvalue weighted by molar-refractivity contribution is 14.0.